The largest absolute Gasteiger partial charge is 0.322 e. The maximum absolute atomic E-state index is 13.5. The van der Waals surface area contributed by atoms with E-state index in [9.17, 15) is 14.0 Å². The summed E-state index contributed by atoms with van der Waals surface area (Å²) < 4.78 is 15.2. The fourth-order valence-corrected chi connectivity index (χ4v) is 2.44. The summed E-state index contributed by atoms with van der Waals surface area (Å²) >= 11 is 0. The van der Waals surface area contributed by atoms with E-state index in [0.29, 0.717) is 18.8 Å². The molecule has 2 amide bonds. The molecule has 2 heterocycles. The highest BCUT2D eigenvalue weighted by molar-refractivity contribution is 6.02. The summed E-state index contributed by atoms with van der Waals surface area (Å²) in [5.41, 5.74) is 0.880. The third-order valence-corrected chi connectivity index (χ3v) is 3.45. The predicted molar refractivity (Wildman–Crippen MR) is 79.0 cm³/mol. The van der Waals surface area contributed by atoms with Crippen LogP contribution in [0.3, 0.4) is 0 Å². The van der Waals surface area contributed by atoms with Crippen molar-refractivity contribution in [1.29, 1.82) is 0 Å². The number of fused-ring (bicyclic) bond motifs is 1. The van der Waals surface area contributed by atoms with Gasteiger partial charge >= 0.3 is 0 Å². The van der Waals surface area contributed by atoms with Crippen LogP contribution in [0.25, 0.3) is 0 Å². The van der Waals surface area contributed by atoms with Crippen LogP contribution in [0.4, 0.5) is 15.9 Å². The summed E-state index contributed by atoms with van der Waals surface area (Å²) in [5, 5.41) is 6.75. The van der Waals surface area contributed by atoms with Crippen molar-refractivity contribution in [2.45, 2.75) is 19.9 Å². The zero-order valence-corrected chi connectivity index (χ0v) is 12.0. The van der Waals surface area contributed by atoms with E-state index in [4.69, 9.17) is 0 Å². The van der Waals surface area contributed by atoms with Crippen LogP contribution in [-0.2, 0) is 16.1 Å². The number of rotatable bonds is 3. The van der Waals surface area contributed by atoms with Gasteiger partial charge in [-0.2, -0.15) is 5.10 Å². The maximum atomic E-state index is 13.5. The minimum atomic E-state index is -0.512. The summed E-state index contributed by atoms with van der Waals surface area (Å²) in [6.07, 6.45) is 0.293. The van der Waals surface area contributed by atoms with Gasteiger partial charge in [0.1, 0.15) is 18.2 Å². The molecule has 6 nitrogen and oxygen atoms in total. The fourth-order valence-electron chi connectivity index (χ4n) is 2.44. The lowest BCUT2D eigenvalue weighted by Crippen LogP contribution is -2.42. The summed E-state index contributed by atoms with van der Waals surface area (Å²) in [4.78, 5) is 25.5. The normalized spacial score (nSPS) is 13.9. The lowest BCUT2D eigenvalue weighted by Gasteiger charge is -2.26. The summed E-state index contributed by atoms with van der Waals surface area (Å²) in [7, 11) is 0. The first kappa shape index (κ1) is 14.2. The van der Waals surface area contributed by atoms with E-state index < -0.39 is 11.7 Å². The second-order valence-electron chi connectivity index (χ2n) is 5.12. The van der Waals surface area contributed by atoms with Gasteiger partial charge in [0.05, 0.1) is 17.9 Å². The van der Waals surface area contributed by atoms with E-state index in [1.807, 2.05) is 6.92 Å². The number of halogens is 1. The summed E-state index contributed by atoms with van der Waals surface area (Å²) in [5.74, 6) is -0.513. The molecule has 0 saturated carbocycles. The highest BCUT2D eigenvalue weighted by Gasteiger charge is 2.27. The Morgan fingerprint density at radius 3 is 2.95 bits per heavy atom. The van der Waals surface area contributed by atoms with Crippen molar-refractivity contribution in [3.8, 4) is 0 Å². The highest BCUT2D eigenvalue weighted by Crippen LogP contribution is 2.22. The van der Waals surface area contributed by atoms with Gasteiger partial charge in [-0.15, -0.1) is 0 Å². The van der Waals surface area contributed by atoms with Crippen LogP contribution in [0, 0.1) is 12.7 Å². The van der Waals surface area contributed by atoms with Crippen molar-refractivity contribution in [1.82, 2.24) is 9.78 Å². The molecule has 0 radical (unpaired) electrons. The SMILES string of the molecule is Cc1cc2n(n1)CCC(=O)N2CC(=O)Nc1ccccc1F. The van der Waals surface area contributed by atoms with Gasteiger partial charge in [-0.3, -0.25) is 14.5 Å². The van der Waals surface area contributed by atoms with Crippen molar-refractivity contribution in [2.24, 2.45) is 0 Å². The topological polar surface area (TPSA) is 67.2 Å². The molecule has 0 spiro atoms. The molecule has 1 aromatic carbocycles. The monoisotopic (exact) mass is 302 g/mol. The van der Waals surface area contributed by atoms with Crippen molar-refractivity contribution < 1.29 is 14.0 Å². The number of carbonyl (C=O) groups excluding carboxylic acids is 2. The summed E-state index contributed by atoms with van der Waals surface area (Å²) in [6, 6.07) is 7.66. The molecule has 0 atom stereocenters. The molecule has 1 aliphatic heterocycles. The van der Waals surface area contributed by atoms with E-state index in [2.05, 4.69) is 10.4 Å². The third kappa shape index (κ3) is 2.69. The second kappa shape index (κ2) is 5.59. The number of aryl methyl sites for hydroxylation is 2. The van der Waals surface area contributed by atoms with Gasteiger partial charge in [-0.05, 0) is 19.1 Å². The molecule has 114 valence electrons. The quantitative estimate of drug-likeness (QED) is 0.938. The molecule has 0 bridgehead atoms. The van der Waals surface area contributed by atoms with E-state index in [1.54, 1.807) is 22.9 Å². The Hall–Kier alpha value is -2.70. The molecule has 7 heteroatoms. The molecule has 3 rings (SSSR count). The molecule has 2 aromatic rings. The molecule has 0 fully saturated rings. The molecule has 0 aliphatic carbocycles. The van der Waals surface area contributed by atoms with Crippen LogP contribution in [0.1, 0.15) is 12.1 Å². The first-order chi connectivity index (χ1) is 10.5. The number of aromatic nitrogens is 2. The van der Waals surface area contributed by atoms with Crippen molar-refractivity contribution in [3.05, 3.63) is 41.8 Å². The zero-order valence-electron chi connectivity index (χ0n) is 12.0. The molecule has 1 aliphatic rings. The predicted octanol–water partition coefficient (Wildman–Crippen LogP) is 1.71. The van der Waals surface area contributed by atoms with Gasteiger partial charge in [0.2, 0.25) is 11.8 Å². The van der Waals surface area contributed by atoms with Gasteiger partial charge in [0, 0.05) is 12.5 Å². The Morgan fingerprint density at radius 1 is 1.41 bits per heavy atom. The first-order valence-electron chi connectivity index (χ1n) is 6.94. The minimum Gasteiger partial charge on any atom is -0.322 e. The van der Waals surface area contributed by atoms with E-state index in [0.717, 1.165) is 5.69 Å². The molecule has 0 saturated heterocycles. The van der Waals surface area contributed by atoms with Crippen LogP contribution >= 0.6 is 0 Å². The van der Waals surface area contributed by atoms with Gasteiger partial charge in [0.25, 0.3) is 0 Å². The molecule has 1 N–H and O–H groups in total. The molecular weight excluding hydrogens is 287 g/mol. The Bertz CT molecular complexity index is 741. The van der Waals surface area contributed by atoms with Crippen LogP contribution in [0.15, 0.2) is 30.3 Å². The number of anilines is 2. The van der Waals surface area contributed by atoms with Crippen LogP contribution < -0.4 is 10.2 Å². The van der Waals surface area contributed by atoms with E-state index >= 15 is 0 Å². The Kier molecular flexibility index (Phi) is 3.62. The average Bonchev–Trinajstić information content (AvgIpc) is 2.85. The van der Waals surface area contributed by atoms with Gasteiger partial charge < -0.3 is 5.32 Å². The smallest absolute Gasteiger partial charge is 0.244 e. The molecule has 22 heavy (non-hydrogen) atoms. The Morgan fingerprint density at radius 2 is 2.18 bits per heavy atom. The fraction of sp³-hybridized carbons (Fsp3) is 0.267. The third-order valence-electron chi connectivity index (χ3n) is 3.45. The molecule has 1 aromatic heterocycles. The zero-order chi connectivity index (χ0) is 15.7. The van der Waals surface area contributed by atoms with E-state index in [1.165, 1.54) is 17.0 Å². The number of hydrogen-bond acceptors (Lipinski definition) is 3. The number of para-hydroxylation sites is 1. The standard InChI is InChI=1S/C15H15FN4O2/c1-10-8-14-19(15(22)6-7-20(14)18-10)9-13(21)17-12-5-3-2-4-11(12)16/h2-5,8H,6-7,9H2,1H3,(H,17,21). The van der Waals surface area contributed by atoms with Crippen molar-refractivity contribution in [2.75, 3.05) is 16.8 Å². The van der Waals surface area contributed by atoms with Gasteiger partial charge in [-0.1, -0.05) is 12.1 Å². The Labute approximate surface area is 126 Å². The van der Waals surface area contributed by atoms with Gasteiger partial charge in [0.15, 0.2) is 0 Å². The average molecular weight is 302 g/mol. The van der Waals surface area contributed by atoms with Crippen LogP contribution in [-0.4, -0.2) is 28.1 Å². The number of nitrogens with zero attached hydrogens (tertiary/aromatic N) is 3. The number of nitrogens with one attached hydrogen (secondary N) is 1. The maximum Gasteiger partial charge on any atom is 0.244 e. The lowest BCUT2D eigenvalue weighted by molar-refractivity contribution is -0.122. The lowest BCUT2D eigenvalue weighted by atomic mass is 10.2. The Balaban J connectivity index is 1.76. The van der Waals surface area contributed by atoms with E-state index in [-0.39, 0.29) is 18.1 Å². The number of benzene rings is 1. The highest BCUT2D eigenvalue weighted by atomic mass is 19.1. The van der Waals surface area contributed by atoms with Crippen LogP contribution in [0.2, 0.25) is 0 Å². The van der Waals surface area contributed by atoms with Gasteiger partial charge in [-0.25, -0.2) is 9.07 Å². The summed E-state index contributed by atoms with van der Waals surface area (Å²) in [6.45, 7) is 2.17. The van der Waals surface area contributed by atoms with Crippen LogP contribution in [0.5, 0.6) is 0 Å². The van der Waals surface area contributed by atoms with Crippen molar-refractivity contribution in [3.63, 3.8) is 0 Å². The number of amides is 2. The molecule has 0 unspecified atom stereocenters. The number of carbonyl (C=O) groups is 2. The second-order valence-corrected chi connectivity index (χ2v) is 5.12. The first-order valence-corrected chi connectivity index (χ1v) is 6.94. The number of hydrogen-bond donors (Lipinski definition) is 1. The minimum absolute atomic E-state index is 0.0987. The molecular formula is C15H15FN4O2. The van der Waals surface area contributed by atoms with Crippen molar-refractivity contribution >= 4 is 23.3 Å².